The molecule has 5 rings (SSSR count). The van der Waals surface area contributed by atoms with Crippen LogP contribution < -0.4 is 20.3 Å². The number of nitrogens with zero attached hydrogens (tertiary/aromatic N) is 1. The van der Waals surface area contributed by atoms with Crippen LogP contribution in [0.25, 0.3) is 22.0 Å². The summed E-state index contributed by atoms with van der Waals surface area (Å²) in [5, 5.41) is 3.61. The average molecular weight is 425 g/mol. The van der Waals surface area contributed by atoms with Crippen molar-refractivity contribution in [3.8, 4) is 22.8 Å². The molecule has 0 saturated heterocycles. The first-order chi connectivity index (χ1) is 14.5. The number of ether oxygens (including phenoxy) is 2. The van der Waals surface area contributed by atoms with E-state index in [1.807, 2.05) is 0 Å². The summed E-state index contributed by atoms with van der Waals surface area (Å²) in [6.45, 7) is 1.86. The lowest BCUT2D eigenvalue weighted by Gasteiger charge is -2.15. The summed E-state index contributed by atoms with van der Waals surface area (Å²) < 4.78 is 12.5. The normalized spacial score (nSPS) is 13.5. The first-order valence-corrected chi connectivity index (χ1v) is 10.1. The Morgan fingerprint density at radius 2 is 1.83 bits per heavy atom. The molecular weight excluding hydrogens is 408 g/mol. The highest BCUT2D eigenvalue weighted by Gasteiger charge is 2.35. The Kier molecular flexibility index (Phi) is 4.29. The van der Waals surface area contributed by atoms with E-state index in [1.54, 1.807) is 34.9 Å². The van der Waals surface area contributed by atoms with Crippen molar-refractivity contribution in [2.75, 3.05) is 18.0 Å². The largest absolute Gasteiger partial charge is 0.454 e. The zero-order chi connectivity index (χ0) is 21.0. The van der Waals surface area contributed by atoms with Gasteiger partial charge in [-0.2, -0.15) is 0 Å². The maximum absolute atomic E-state index is 13.4. The third kappa shape index (κ3) is 2.69. The first-order valence-electron chi connectivity index (χ1n) is 9.52. The van der Waals surface area contributed by atoms with Crippen LogP contribution in [0.3, 0.4) is 0 Å². The number of hydrogen-bond acceptors (Lipinski definition) is 5. The van der Waals surface area contributed by atoms with Crippen molar-refractivity contribution < 1.29 is 19.1 Å². The highest BCUT2D eigenvalue weighted by molar-refractivity contribution is 6.27. The third-order valence-corrected chi connectivity index (χ3v) is 5.61. The van der Waals surface area contributed by atoms with Gasteiger partial charge in [-0.3, -0.25) is 14.4 Å². The zero-order valence-electron chi connectivity index (χ0n) is 16.1. The highest BCUT2D eigenvalue weighted by atomic mass is 35.5. The van der Waals surface area contributed by atoms with Gasteiger partial charge in [0.15, 0.2) is 17.3 Å². The van der Waals surface area contributed by atoms with Crippen molar-refractivity contribution in [1.29, 1.82) is 0 Å². The second-order valence-corrected chi connectivity index (χ2v) is 7.62. The molecule has 1 N–H and O–H groups in total. The number of rotatable bonds is 4. The fourth-order valence-corrected chi connectivity index (χ4v) is 4.25. The van der Waals surface area contributed by atoms with Crippen molar-refractivity contribution >= 4 is 39.8 Å². The fraction of sp³-hybridized carbons (Fsp3) is 0.227. The number of hydrogen-bond donors (Lipinski definition) is 1. The van der Waals surface area contributed by atoms with Crippen molar-refractivity contribution in [3.05, 3.63) is 51.8 Å². The number of amides is 1. The first kappa shape index (κ1) is 18.7. The third-order valence-electron chi connectivity index (χ3n) is 5.35. The standard InChI is InChI=1S/C22H17ClN2O5/c1-11(26)24-12-3-4-13-16(7-12)22(28)25(6-2-5-23)20-14-8-17-18(30-10-29-17)9-15(14)21(27)19(13)20/h3-4,7-9H,2,5-6,10H2,1H3,(H,24,26). The van der Waals surface area contributed by atoms with E-state index in [9.17, 15) is 14.4 Å². The van der Waals surface area contributed by atoms with Gasteiger partial charge in [0, 0.05) is 41.5 Å². The van der Waals surface area contributed by atoms with Crippen molar-refractivity contribution in [3.63, 3.8) is 0 Å². The van der Waals surface area contributed by atoms with Crippen LogP contribution in [-0.4, -0.2) is 28.9 Å². The highest BCUT2D eigenvalue weighted by Crippen LogP contribution is 2.45. The molecule has 0 atom stereocenters. The number of carbonyl (C=O) groups excluding carboxylic acids is 2. The minimum Gasteiger partial charge on any atom is -0.454 e. The number of pyridine rings is 1. The Balaban J connectivity index is 1.83. The quantitative estimate of drug-likeness (QED) is 0.506. The maximum Gasteiger partial charge on any atom is 0.259 e. The molecule has 0 spiro atoms. The topological polar surface area (TPSA) is 86.6 Å². The van der Waals surface area contributed by atoms with Crippen LogP contribution in [0.5, 0.6) is 11.5 Å². The molecule has 8 heteroatoms. The summed E-state index contributed by atoms with van der Waals surface area (Å²) in [4.78, 5) is 38.3. The van der Waals surface area contributed by atoms with E-state index in [1.165, 1.54) is 6.92 Å². The second kappa shape index (κ2) is 6.88. The zero-order valence-corrected chi connectivity index (χ0v) is 16.8. The van der Waals surface area contributed by atoms with Gasteiger partial charge in [0.05, 0.1) is 16.6 Å². The van der Waals surface area contributed by atoms with Gasteiger partial charge in [-0.25, -0.2) is 0 Å². The van der Waals surface area contributed by atoms with E-state index in [0.29, 0.717) is 69.2 Å². The number of nitrogens with one attached hydrogen (secondary N) is 1. The van der Waals surface area contributed by atoms with E-state index in [2.05, 4.69) is 5.32 Å². The van der Waals surface area contributed by atoms with E-state index >= 15 is 0 Å². The Morgan fingerprint density at radius 3 is 2.53 bits per heavy atom. The van der Waals surface area contributed by atoms with Crippen molar-refractivity contribution in [2.24, 2.45) is 0 Å². The molecule has 0 fully saturated rings. The fourth-order valence-electron chi connectivity index (χ4n) is 4.13. The van der Waals surface area contributed by atoms with Crippen molar-refractivity contribution in [1.82, 2.24) is 4.57 Å². The van der Waals surface area contributed by atoms with Crippen LogP contribution in [0.4, 0.5) is 5.69 Å². The molecule has 0 bridgehead atoms. The summed E-state index contributed by atoms with van der Waals surface area (Å²) >= 11 is 5.89. The summed E-state index contributed by atoms with van der Waals surface area (Å²) in [5.41, 5.74) is 2.43. The predicted octanol–water partition coefficient (Wildman–Crippen LogP) is 3.53. The average Bonchev–Trinajstić information content (AvgIpc) is 3.29. The molecule has 1 amide bonds. The Labute approximate surface area is 176 Å². The summed E-state index contributed by atoms with van der Waals surface area (Å²) in [5.74, 6) is 1.03. The minimum atomic E-state index is -0.240. The van der Waals surface area contributed by atoms with Crippen LogP contribution in [0.2, 0.25) is 0 Å². The number of fused-ring (bicyclic) bond motifs is 6. The molecule has 1 aliphatic carbocycles. The minimum absolute atomic E-state index is 0.0992. The Bertz CT molecular complexity index is 1310. The molecule has 2 heterocycles. The number of aromatic nitrogens is 1. The number of halogens is 1. The summed E-state index contributed by atoms with van der Waals surface area (Å²) in [6.07, 6.45) is 0.568. The molecule has 2 aromatic carbocycles. The molecule has 0 saturated carbocycles. The van der Waals surface area contributed by atoms with Gasteiger partial charge in [0.1, 0.15) is 0 Å². The molecule has 0 unspecified atom stereocenters. The Hall–Kier alpha value is -3.32. The van der Waals surface area contributed by atoms with Crippen molar-refractivity contribution in [2.45, 2.75) is 19.9 Å². The molecule has 1 aliphatic heterocycles. The number of alkyl halides is 1. The molecule has 3 aromatic rings. The predicted molar refractivity (Wildman–Crippen MR) is 113 cm³/mol. The van der Waals surface area contributed by atoms with E-state index in [0.717, 1.165) is 0 Å². The smallest absolute Gasteiger partial charge is 0.259 e. The molecule has 1 aromatic heterocycles. The number of anilines is 1. The maximum atomic E-state index is 13.4. The molecule has 152 valence electrons. The summed E-state index contributed by atoms with van der Waals surface area (Å²) in [6, 6.07) is 8.44. The molecular formula is C22H17ClN2O5. The van der Waals surface area contributed by atoms with Gasteiger partial charge in [-0.05, 0) is 30.7 Å². The van der Waals surface area contributed by atoms with Gasteiger partial charge in [0.25, 0.3) is 5.56 Å². The van der Waals surface area contributed by atoms with Gasteiger partial charge in [0.2, 0.25) is 12.7 Å². The Morgan fingerprint density at radius 1 is 1.10 bits per heavy atom. The van der Waals surface area contributed by atoms with E-state index in [4.69, 9.17) is 21.1 Å². The molecule has 0 radical (unpaired) electrons. The van der Waals surface area contributed by atoms with Gasteiger partial charge >= 0.3 is 0 Å². The van der Waals surface area contributed by atoms with Crippen LogP contribution in [0.15, 0.2) is 35.1 Å². The number of carbonyl (C=O) groups is 2. The SMILES string of the molecule is CC(=O)Nc1ccc2c3c(n(CCCCl)c(=O)c2c1)-c1cc2c(cc1C3=O)OCO2. The van der Waals surface area contributed by atoms with Crippen LogP contribution in [0, 0.1) is 0 Å². The van der Waals surface area contributed by atoms with Gasteiger partial charge in [-0.1, -0.05) is 6.07 Å². The van der Waals surface area contributed by atoms with Crippen LogP contribution >= 0.6 is 11.6 Å². The lowest BCUT2D eigenvalue weighted by Crippen LogP contribution is -2.24. The van der Waals surface area contributed by atoms with Gasteiger partial charge in [-0.15, -0.1) is 11.6 Å². The number of ketones is 1. The van der Waals surface area contributed by atoms with Crippen LogP contribution in [0.1, 0.15) is 29.3 Å². The van der Waals surface area contributed by atoms with E-state index < -0.39 is 0 Å². The summed E-state index contributed by atoms with van der Waals surface area (Å²) in [7, 11) is 0. The van der Waals surface area contributed by atoms with Gasteiger partial charge < -0.3 is 19.4 Å². The lowest BCUT2D eigenvalue weighted by molar-refractivity contribution is -0.114. The second-order valence-electron chi connectivity index (χ2n) is 7.24. The molecule has 2 aliphatic rings. The lowest BCUT2D eigenvalue weighted by atomic mass is 10.0. The molecule has 7 nitrogen and oxygen atoms in total. The van der Waals surface area contributed by atoms with Crippen LogP contribution in [-0.2, 0) is 11.3 Å². The molecule has 30 heavy (non-hydrogen) atoms. The van der Waals surface area contributed by atoms with E-state index in [-0.39, 0.29) is 24.0 Å². The number of benzene rings is 2. The monoisotopic (exact) mass is 424 g/mol.